The van der Waals surface area contributed by atoms with E-state index in [4.69, 9.17) is 14.7 Å². The van der Waals surface area contributed by atoms with Crippen LogP contribution in [0.25, 0.3) is 33.5 Å². The summed E-state index contributed by atoms with van der Waals surface area (Å²) >= 11 is 0. The first-order valence-electron chi connectivity index (χ1n) is 8.60. The van der Waals surface area contributed by atoms with Crippen LogP contribution in [0.15, 0.2) is 42.7 Å². The van der Waals surface area contributed by atoms with Gasteiger partial charge in [0.15, 0.2) is 5.69 Å². The molecule has 1 aromatic heterocycles. The minimum Gasteiger partial charge on any atom is -0.497 e. The van der Waals surface area contributed by atoms with Crippen molar-refractivity contribution in [3.63, 3.8) is 0 Å². The highest BCUT2D eigenvalue weighted by atomic mass is 19.2. The smallest absolute Gasteiger partial charge is 0.497 e. The Morgan fingerprint density at radius 1 is 1.21 bits per heavy atom. The number of nitrogens with one attached hydrogen (secondary N) is 1. The highest BCUT2D eigenvalue weighted by Crippen LogP contribution is 2.44. The number of methoxy groups -OCH3 is 2. The van der Waals surface area contributed by atoms with E-state index >= 15 is 0 Å². The van der Waals surface area contributed by atoms with Crippen molar-refractivity contribution in [2.24, 2.45) is 0 Å². The van der Waals surface area contributed by atoms with Gasteiger partial charge in [-0.05, 0) is 18.3 Å². The van der Waals surface area contributed by atoms with Gasteiger partial charge in [-0.3, -0.25) is 0 Å². The van der Waals surface area contributed by atoms with Gasteiger partial charge in [0.25, 0.3) is 0 Å². The molecule has 4 heterocycles. The summed E-state index contributed by atoms with van der Waals surface area (Å²) in [6.45, 7) is -2.49. The quantitative estimate of drug-likeness (QED) is 0.538. The van der Waals surface area contributed by atoms with Crippen LogP contribution in [0.1, 0.15) is 6.92 Å². The van der Waals surface area contributed by atoms with E-state index in [0.717, 1.165) is 25.4 Å². The van der Waals surface area contributed by atoms with Crippen LogP contribution >= 0.6 is 0 Å². The molecular weight excluding hydrogens is 365 g/mol. The summed E-state index contributed by atoms with van der Waals surface area (Å²) in [4.78, 5) is 3.30. The first-order chi connectivity index (χ1) is 13.5. The minimum absolute atomic E-state index is 0.463. The van der Waals surface area contributed by atoms with Crippen molar-refractivity contribution in [3.05, 3.63) is 42.7 Å². The molecule has 0 bridgehead atoms. The number of hydrogen-bond acceptors (Lipinski definition) is 3. The Bertz CT molecular complexity index is 1210. The lowest BCUT2D eigenvalue weighted by atomic mass is 9.89. The summed E-state index contributed by atoms with van der Waals surface area (Å²) in [6.07, 6.45) is 2.85. The van der Waals surface area contributed by atoms with E-state index in [1.165, 1.54) is 19.3 Å². The molecule has 1 N–H and O–H groups in total. The fraction of sp³-hybridized carbons (Fsp3) is 0.158. The Labute approximate surface area is 159 Å². The number of nitrogens with zero attached hydrogens (tertiary/aromatic N) is 3. The van der Waals surface area contributed by atoms with E-state index in [-0.39, 0.29) is 0 Å². The average Bonchev–Trinajstić information content (AvgIpc) is 3.34. The largest absolute Gasteiger partial charge is 0.737 e. The first-order valence-corrected chi connectivity index (χ1v) is 8.60. The zero-order chi connectivity index (χ0) is 20.1. The number of hydrogen-bond donors (Lipinski definition) is 1. The molecule has 0 aliphatic carbocycles. The molecule has 0 saturated carbocycles. The third-order valence-electron chi connectivity index (χ3n) is 4.92. The summed E-state index contributed by atoms with van der Waals surface area (Å²) in [6, 6.07) is 10.4. The summed E-state index contributed by atoms with van der Waals surface area (Å²) in [7, 11) is 3.13. The molecule has 3 aliphatic rings. The maximum atomic E-state index is 14.9. The van der Waals surface area contributed by atoms with Gasteiger partial charge in [-0.25, -0.2) is 0 Å². The number of nitriles is 1. The highest BCUT2D eigenvalue weighted by molar-refractivity contribution is 6.56. The fourth-order valence-corrected chi connectivity index (χ4v) is 3.81. The minimum atomic E-state index is -3.92. The van der Waals surface area contributed by atoms with Crippen molar-refractivity contribution in [1.82, 2.24) is 9.46 Å². The van der Waals surface area contributed by atoms with Crippen molar-refractivity contribution in [2.75, 3.05) is 14.2 Å². The van der Waals surface area contributed by atoms with E-state index < -0.39 is 6.97 Å². The molecule has 2 aromatic rings. The molecule has 0 atom stereocenters. The van der Waals surface area contributed by atoms with Crippen LogP contribution in [-0.2, 0) is 0 Å². The first kappa shape index (κ1) is 17.9. The Kier molecular flexibility index (Phi) is 4.00. The topological polar surface area (TPSA) is 66.8 Å². The number of rotatable bonds is 2. The van der Waals surface area contributed by atoms with Gasteiger partial charge in [0.05, 0.1) is 36.8 Å². The second-order valence-electron chi connectivity index (χ2n) is 6.35. The second-order valence-corrected chi connectivity index (χ2v) is 6.35. The standard InChI is InChI=1S/C17H14BF2N3O2.C2H3N/c1-24-10-8-12-15(14(9-10)25-2)11-5-7-23-17(11)16(21-12)13-4-3-6-22(13)18(23,19)20;1-2-3/h3-9,21H,1-2H3;1H3. The van der Waals surface area contributed by atoms with Crippen molar-refractivity contribution < 1.29 is 22.6 Å². The van der Waals surface area contributed by atoms with Gasteiger partial charge in [0.1, 0.15) is 23.4 Å². The highest BCUT2D eigenvalue weighted by Gasteiger charge is 2.51. The van der Waals surface area contributed by atoms with Crippen LogP contribution < -0.4 is 14.0 Å². The predicted molar refractivity (Wildman–Crippen MR) is 102 cm³/mol. The normalized spacial score (nSPS) is 13.4. The van der Waals surface area contributed by atoms with Crippen molar-refractivity contribution >= 4 is 17.9 Å². The van der Waals surface area contributed by atoms with Crippen LogP contribution in [0.5, 0.6) is 11.5 Å². The molecule has 142 valence electrons. The molecule has 3 aliphatic heterocycles. The molecule has 6 nitrogen and oxygen atoms in total. The molecule has 0 radical (unpaired) electrons. The van der Waals surface area contributed by atoms with Crippen LogP contribution in [0.3, 0.4) is 0 Å². The predicted octanol–water partition coefficient (Wildman–Crippen LogP) is 3.66. The molecule has 5 rings (SSSR count). The summed E-state index contributed by atoms with van der Waals surface area (Å²) in [5.74, 6) is 1.21. The van der Waals surface area contributed by atoms with Gasteiger partial charge in [-0.2, -0.15) is 5.26 Å². The Morgan fingerprint density at radius 3 is 2.64 bits per heavy atom. The SMILES string of the molecule is CC#N.COc1cc(OC)c2c3cc[n+]4c-3c([nH]c2c1)-c1cccn1[B-]4(F)F. The second kappa shape index (κ2) is 6.27. The molecule has 1 aromatic carbocycles. The molecule has 0 unspecified atom stereocenters. The van der Waals surface area contributed by atoms with E-state index in [2.05, 4.69) is 4.98 Å². The van der Waals surface area contributed by atoms with Crippen LogP contribution in [0.4, 0.5) is 8.63 Å². The number of aromatic amines is 1. The number of aromatic nitrogens is 3. The zero-order valence-corrected chi connectivity index (χ0v) is 15.5. The van der Waals surface area contributed by atoms with Crippen LogP contribution in [0.2, 0.25) is 0 Å². The molecule has 28 heavy (non-hydrogen) atoms. The van der Waals surface area contributed by atoms with Crippen molar-refractivity contribution in [1.29, 1.82) is 5.26 Å². The lowest BCUT2D eigenvalue weighted by Gasteiger charge is -2.28. The van der Waals surface area contributed by atoms with Gasteiger partial charge in [-0.1, -0.05) is 0 Å². The molecule has 0 amide bonds. The Hall–Kier alpha value is -3.54. The summed E-state index contributed by atoms with van der Waals surface area (Å²) in [5, 5.41) is 8.08. The molecule has 0 spiro atoms. The van der Waals surface area contributed by atoms with Gasteiger partial charge >= 0.3 is 6.97 Å². The molecule has 9 heteroatoms. The lowest BCUT2D eigenvalue weighted by molar-refractivity contribution is -0.554. The van der Waals surface area contributed by atoms with Gasteiger partial charge < -0.3 is 32.0 Å². The molecule has 0 saturated heterocycles. The van der Waals surface area contributed by atoms with Gasteiger partial charge in [0, 0.05) is 30.8 Å². The van der Waals surface area contributed by atoms with Crippen LogP contribution in [0, 0.1) is 11.3 Å². The number of halogens is 2. The van der Waals surface area contributed by atoms with E-state index in [1.54, 1.807) is 44.6 Å². The summed E-state index contributed by atoms with van der Waals surface area (Å²) in [5.41, 5.74) is 3.08. The maximum absolute atomic E-state index is 14.9. The Morgan fingerprint density at radius 2 is 1.96 bits per heavy atom. The van der Waals surface area contributed by atoms with Crippen molar-refractivity contribution in [3.8, 4) is 40.2 Å². The van der Waals surface area contributed by atoms with E-state index in [1.807, 2.05) is 6.07 Å². The number of benzene rings is 1. The number of ether oxygens (including phenoxy) is 2. The zero-order valence-electron chi connectivity index (χ0n) is 15.5. The lowest BCUT2D eigenvalue weighted by Crippen LogP contribution is -2.65. The third kappa shape index (κ3) is 2.27. The van der Waals surface area contributed by atoms with E-state index in [0.29, 0.717) is 28.6 Å². The van der Waals surface area contributed by atoms with Gasteiger partial charge in [-0.15, -0.1) is 0 Å². The molecular formula is C19H17BF2N4O2. The average molecular weight is 382 g/mol. The number of fused-ring (bicyclic) bond motifs is 4. The molecule has 0 fully saturated rings. The fourth-order valence-electron chi connectivity index (χ4n) is 3.81. The number of H-pyrrole nitrogens is 1. The summed E-state index contributed by atoms with van der Waals surface area (Å²) < 4.78 is 42.8. The van der Waals surface area contributed by atoms with Crippen LogP contribution in [-0.4, -0.2) is 30.7 Å². The third-order valence-corrected chi connectivity index (χ3v) is 4.92. The number of pyridine rings is 1. The Balaban J connectivity index is 0.000000604. The van der Waals surface area contributed by atoms with Gasteiger partial charge in [0.2, 0.25) is 0 Å². The van der Waals surface area contributed by atoms with E-state index in [9.17, 15) is 8.63 Å². The van der Waals surface area contributed by atoms with Crippen molar-refractivity contribution in [2.45, 2.75) is 6.92 Å². The maximum Gasteiger partial charge on any atom is 0.737 e. The monoisotopic (exact) mass is 382 g/mol.